The first-order valence-corrected chi connectivity index (χ1v) is 6.69. The van der Waals surface area contributed by atoms with Crippen LogP contribution < -0.4 is 4.90 Å². The fourth-order valence-corrected chi connectivity index (χ4v) is 2.67. The summed E-state index contributed by atoms with van der Waals surface area (Å²) in [5, 5.41) is 0. The first-order chi connectivity index (χ1) is 7.92. The number of nitrogens with zero attached hydrogens (tertiary/aromatic N) is 2. The van der Waals surface area contributed by atoms with Crippen LogP contribution in [0.15, 0.2) is 24.4 Å². The van der Waals surface area contributed by atoms with Crippen LogP contribution in [0.4, 0.5) is 5.82 Å². The van der Waals surface area contributed by atoms with Crippen molar-refractivity contribution in [2.24, 2.45) is 0 Å². The van der Waals surface area contributed by atoms with Crippen LogP contribution in [0.3, 0.4) is 0 Å². The molecule has 1 heterocycles. The number of halogens is 1. The standard InChI is InChI=1S/C13H19ClN2/c14-9-11-16(12-6-2-1-3-7-12)13-8-4-5-10-15-13/h4-5,8,10,12H,1-3,6-7,9,11H2. The van der Waals surface area contributed by atoms with Gasteiger partial charge in [-0.2, -0.15) is 0 Å². The third-order valence-electron chi connectivity index (χ3n) is 3.28. The lowest BCUT2D eigenvalue weighted by molar-refractivity contribution is 0.417. The highest BCUT2D eigenvalue weighted by Gasteiger charge is 2.21. The van der Waals surface area contributed by atoms with Gasteiger partial charge in [-0.3, -0.25) is 0 Å². The minimum atomic E-state index is 0.641. The fraction of sp³-hybridized carbons (Fsp3) is 0.615. The zero-order valence-corrected chi connectivity index (χ0v) is 10.4. The Balaban J connectivity index is 2.09. The van der Waals surface area contributed by atoms with E-state index in [9.17, 15) is 0 Å². The van der Waals surface area contributed by atoms with Crippen molar-refractivity contribution in [2.45, 2.75) is 38.1 Å². The fourth-order valence-electron chi connectivity index (χ4n) is 2.49. The van der Waals surface area contributed by atoms with E-state index >= 15 is 0 Å². The summed E-state index contributed by atoms with van der Waals surface area (Å²) in [6.07, 6.45) is 8.50. The average molecular weight is 239 g/mol. The summed E-state index contributed by atoms with van der Waals surface area (Å²) in [5.41, 5.74) is 0. The lowest BCUT2D eigenvalue weighted by atomic mass is 9.94. The molecule has 3 heteroatoms. The van der Waals surface area contributed by atoms with Gasteiger partial charge in [-0.05, 0) is 25.0 Å². The van der Waals surface area contributed by atoms with Crippen molar-refractivity contribution in [3.8, 4) is 0 Å². The molecule has 1 aromatic rings. The molecular formula is C13H19ClN2. The van der Waals surface area contributed by atoms with E-state index in [-0.39, 0.29) is 0 Å². The van der Waals surface area contributed by atoms with E-state index in [4.69, 9.17) is 11.6 Å². The Morgan fingerprint density at radius 2 is 2.06 bits per heavy atom. The van der Waals surface area contributed by atoms with E-state index in [1.165, 1.54) is 32.1 Å². The summed E-state index contributed by atoms with van der Waals surface area (Å²) in [5.74, 6) is 1.75. The SMILES string of the molecule is ClCCN(c1ccccn1)C1CCCCC1. The Hall–Kier alpha value is -0.760. The molecule has 1 aliphatic rings. The molecule has 1 saturated carbocycles. The highest BCUT2D eigenvalue weighted by molar-refractivity contribution is 6.18. The molecule has 0 N–H and O–H groups in total. The van der Waals surface area contributed by atoms with Gasteiger partial charge in [-0.15, -0.1) is 11.6 Å². The molecule has 0 atom stereocenters. The first kappa shape index (κ1) is 11.7. The van der Waals surface area contributed by atoms with E-state index in [0.717, 1.165) is 12.4 Å². The zero-order valence-electron chi connectivity index (χ0n) is 9.61. The Morgan fingerprint density at radius 1 is 1.25 bits per heavy atom. The summed E-state index contributed by atoms with van der Waals surface area (Å²) in [7, 11) is 0. The van der Waals surface area contributed by atoms with Crippen molar-refractivity contribution in [3.05, 3.63) is 24.4 Å². The highest BCUT2D eigenvalue weighted by Crippen LogP contribution is 2.25. The molecule has 0 aliphatic heterocycles. The maximum absolute atomic E-state index is 5.90. The number of anilines is 1. The van der Waals surface area contributed by atoms with Crippen LogP contribution in [0.2, 0.25) is 0 Å². The van der Waals surface area contributed by atoms with E-state index < -0.39 is 0 Å². The van der Waals surface area contributed by atoms with Gasteiger partial charge in [-0.1, -0.05) is 25.3 Å². The second-order valence-corrected chi connectivity index (χ2v) is 4.74. The minimum Gasteiger partial charge on any atom is -0.352 e. The van der Waals surface area contributed by atoms with E-state index in [1.54, 1.807) is 0 Å². The van der Waals surface area contributed by atoms with Crippen LogP contribution in [0.25, 0.3) is 0 Å². The molecule has 0 spiro atoms. The molecule has 0 saturated heterocycles. The van der Waals surface area contributed by atoms with E-state index in [0.29, 0.717) is 11.9 Å². The van der Waals surface area contributed by atoms with E-state index in [2.05, 4.69) is 16.0 Å². The van der Waals surface area contributed by atoms with Gasteiger partial charge in [0.2, 0.25) is 0 Å². The van der Waals surface area contributed by atoms with Crippen LogP contribution in [0.1, 0.15) is 32.1 Å². The van der Waals surface area contributed by atoms with Gasteiger partial charge in [-0.25, -0.2) is 4.98 Å². The van der Waals surface area contributed by atoms with Gasteiger partial charge >= 0.3 is 0 Å². The predicted molar refractivity (Wildman–Crippen MR) is 69.2 cm³/mol. The highest BCUT2D eigenvalue weighted by atomic mass is 35.5. The average Bonchev–Trinajstić information content (AvgIpc) is 2.38. The first-order valence-electron chi connectivity index (χ1n) is 6.15. The summed E-state index contributed by atoms with van der Waals surface area (Å²) < 4.78 is 0. The summed E-state index contributed by atoms with van der Waals surface area (Å²) in [4.78, 5) is 6.82. The molecule has 0 unspecified atom stereocenters. The quantitative estimate of drug-likeness (QED) is 0.747. The van der Waals surface area contributed by atoms with Gasteiger partial charge in [0, 0.05) is 24.7 Å². The van der Waals surface area contributed by atoms with Gasteiger partial charge < -0.3 is 4.90 Å². The second-order valence-electron chi connectivity index (χ2n) is 4.36. The number of pyridine rings is 1. The number of aromatic nitrogens is 1. The predicted octanol–water partition coefficient (Wildman–Crippen LogP) is 3.46. The third kappa shape index (κ3) is 2.88. The number of alkyl halides is 1. The number of hydrogen-bond acceptors (Lipinski definition) is 2. The molecule has 16 heavy (non-hydrogen) atoms. The number of rotatable bonds is 4. The normalized spacial score (nSPS) is 17.3. The molecule has 0 amide bonds. The maximum Gasteiger partial charge on any atom is 0.128 e. The van der Waals surface area contributed by atoms with Crippen LogP contribution in [0.5, 0.6) is 0 Å². The Labute approximate surface area is 103 Å². The minimum absolute atomic E-state index is 0.641. The van der Waals surface area contributed by atoms with Crippen molar-refractivity contribution in [3.63, 3.8) is 0 Å². The summed E-state index contributed by atoms with van der Waals surface area (Å²) in [6, 6.07) is 6.74. The molecule has 88 valence electrons. The monoisotopic (exact) mass is 238 g/mol. The van der Waals surface area contributed by atoms with Crippen LogP contribution >= 0.6 is 11.6 Å². The lowest BCUT2D eigenvalue weighted by Gasteiger charge is -2.34. The van der Waals surface area contributed by atoms with Crippen molar-refractivity contribution < 1.29 is 0 Å². The molecule has 2 nitrogen and oxygen atoms in total. The molecule has 1 aromatic heterocycles. The van der Waals surface area contributed by atoms with Gasteiger partial charge in [0.05, 0.1) is 0 Å². The number of hydrogen-bond donors (Lipinski definition) is 0. The van der Waals surface area contributed by atoms with Gasteiger partial charge in [0.25, 0.3) is 0 Å². The Bertz CT molecular complexity index is 296. The maximum atomic E-state index is 5.90. The van der Waals surface area contributed by atoms with Crippen molar-refractivity contribution >= 4 is 17.4 Å². The lowest BCUT2D eigenvalue weighted by Crippen LogP contribution is -2.38. The van der Waals surface area contributed by atoms with Crippen molar-refractivity contribution in [2.75, 3.05) is 17.3 Å². The van der Waals surface area contributed by atoms with E-state index in [1.807, 2.05) is 18.3 Å². The van der Waals surface area contributed by atoms with Crippen LogP contribution in [0, 0.1) is 0 Å². The smallest absolute Gasteiger partial charge is 0.128 e. The second kappa shape index (κ2) is 6.09. The molecule has 0 radical (unpaired) electrons. The Kier molecular flexibility index (Phi) is 4.46. The molecule has 0 bridgehead atoms. The molecule has 0 aromatic carbocycles. The molecular weight excluding hydrogens is 220 g/mol. The van der Waals surface area contributed by atoms with Gasteiger partial charge in [0.15, 0.2) is 0 Å². The third-order valence-corrected chi connectivity index (χ3v) is 3.45. The zero-order chi connectivity index (χ0) is 11.2. The van der Waals surface area contributed by atoms with Crippen LogP contribution in [-0.4, -0.2) is 23.5 Å². The molecule has 1 aliphatic carbocycles. The largest absolute Gasteiger partial charge is 0.352 e. The summed E-state index contributed by atoms with van der Waals surface area (Å²) in [6.45, 7) is 0.906. The van der Waals surface area contributed by atoms with Crippen molar-refractivity contribution in [1.82, 2.24) is 4.98 Å². The topological polar surface area (TPSA) is 16.1 Å². The molecule has 1 fully saturated rings. The summed E-state index contributed by atoms with van der Waals surface area (Å²) >= 11 is 5.90. The van der Waals surface area contributed by atoms with Gasteiger partial charge in [0.1, 0.15) is 5.82 Å². The molecule has 2 rings (SSSR count). The van der Waals surface area contributed by atoms with Crippen molar-refractivity contribution in [1.29, 1.82) is 0 Å². The Morgan fingerprint density at radius 3 is 2.69 bits per heavy atom. The van der Waals surface area contributed by atoms with Crippen LogP contribution in [-0.2, 0) is 0 Å².